The number of sulfonamides is 1. The second kappa shape index (κ2) is 6.77. The highest BCUT2D eigenvalue weighted by molar-refractivity contribution is 7.90. The first-order valence-electron chi connectivity index (χ1n) is 8.79. The molecule has 0 atom stereocenters. The Morgan fingerprint density at radius 3 is 2.64 bits per heavy atom. The summed E-state index contributed by atoms with van der Waals surface area (Å²) in [4.78, 5) is 1.94. The van der Waals surface area contributed by atoms with Crippen molar-refractivity contribution >= 4 is 21.4 Å². The summed E-state index contributed by atoms with van der Waals surface area (Å²) >= 11 is 0. The molecular formula is C19H22N2O3S. The van der Waals surface area contributed by atoms with E-state index >= 15 is 0 Å². The highest BCUT2D eigenvalue weighted by atomic mass is 32.2. The molecule has 4 rings (SSSR count). The Morgan fingerprint density at radius 2 is 1.88 bits per heavy atom. The lowest BCUT2D eigenvalue weighted by molar-refractivity contribution is 0.0853. The van der Waals surface area contributed by atoms with Gasteiger partial charge in [-0.25, -0.2) is 8.42 Å². The summed E-state index contributed by atoms with van der Waals surface area (Å²) in [5.74, 6) is 1.20. The standard InChI is InChI=1S/C19H22N2O3S/c22-25(23)14-2-11-21-10-1-3-18(19(21)20-25)17-6-4-15(5-7-17)16-8-12-24-13-9-16/h1,3-7,10,16H,2,8-9,11-14H2. The van der Waals surface area contributed by atoms with E-state index < -0.39 is 10.0 Å². The second-order valence-electron chi connectivity index (χ2n) is 6.68. The number of rotatable bonds is 2. The lowest BCUT2D eigenvalue weighted by Gasteiger charge is -2.25. The molecule has 132 valence electrons. The van der Waals surface area contributed by atoms with Gasteiger partial charge in [0.15, 0.2) is 5.84 Å². The normalized spacial score (nSPS) is 23.4. The second-order valence-corrected chi connectivity index (χ2v) is 8.43. The van der Waals surface area contributed by atoms with Gasteiger partial charge in [0.2, 0.25) is 0 Å². The van der Waals surface area contributed by atoms with E-state index in [1.807, 2.05) is 23.3 Å². The smallest absolute Gasteiger partial charge is 0.255 e. The Balaban J connectivity index is 1.65. The molecule has 0 aromatic heterocycles. The van der Waals surface area contributed by atoms with Gasteiger partial charge in [-0.1, -0.05) is 24.3 Å². The molecule has 1 aromatic carbocycles. The number of benzene rings is 1. The molecule has 1 fully saturated rings. The van der Waals surface area contributed by atoms with Crippen molar-refractivity contribution in [1.29, 1.82) is 0 Å². The van der Waals surface area contributed by atoms with Crippen LogP contribution in [0.2, 0.25) is 0 Å². The maximum atomic E-state index is 12.1. The van der Waals surface area contributed by atoms with E-state index in [2.05, 4.69) is 28.7 Å². The van der Waals surface area contributed by atoms with Crippen LogP contribution in [-0.2, 0) is 14.8 Å². The predicted molar refractivity (Wildman–Crippen MR) is 98.9 cm³/mol. The third-order valence-electron chi connectivity index (χ3n) is 4.98. The van der Waals surface area contributed by atoms with Crippen molar-refractivity contribution in [1.82, 2.24) is 4.90 Å². The van der Waals surface area contributed by atoms with Crippen molar-refractivity contribution in [3.05, 3.63) is 53.7 Å². The highest BCUT2D eigenvalue weighted by Crippen LogP contribution is 2.30. The fraction of sp³-hybridized carbons (Fsp3) is 0.421. The van der Waals surface area contributed by atoms with Crippen LogP contribution in [0.3, 0.4) is 0 Å². The molecule has 0 amide bonds. The fourth-order valence-electron chi connectivity index (χ4n) is 3.61. The molecule has 0 radical (unpaired) electrons. The van der Waals surface area contributed by atoms with Crippen molar-refractivity contribution in [3.8, 4) is 0 Å². The molecule has 0 bridgehead atoms. The number of nitrogens with zero attached hydrogens (tertiary/aromatic N) is 2. The SMILES string of the molecule is O=S1(=O)CCCN2C=CC=C(c3ccc(C4CCOCC4)cc3)C2=N1. The van der Waals surface area contributed by atoms with Gasteiger partial charge in [0.1, 0.15) is 0 Å². The first-order valence-corrected chi connectivity index (χ1v) is 10.4. The van der Waals surface area contributed by atoms with Gasteiger partial charge in [0.05, 0.1) is 5.75 Å². The molecule has 0 aliphatic carbocycles. The maximum Gasteiger partial charge on any atom is 0.255 e. The van der Waals surface area contributed by atoms with Gasteiger partial charge in [-0.05, 0) is 48.5 Å². The topological polar surface area (TPSA) is 59.0 Å². The predicted octanol–water partition coefficient (Wildman–Crippen LogP) is 2.93. The average molecular weight is 358 g/mol. The summed E-state index contributed by atoms with van der Waals surface area (Å²) in [6, 6.07) is 8.46. The van der Waals surface area contributed by atoms with E-state index in [1.165, 1.54) is 5.56 Å². The van der Waals surface area contributed by atoms with Gasteiger partial charge in [-0.15, -0.1) is 4.40 Å². The average Bonchev–Trinajstić information content (AvgIpc) is 2.79. The molecule has 3 aliphatic heterocycles. The number of allylic oxidation sites excluding steroid dienone is 2. The molecule has 0 unspecified atom stereocenters. The van der Waals surface area contributed by atoms with Crippen molar-refractivity contribution in [2.24, 2.45) is 4.40 Å². The zero-order valence-electron chi connectivity index (χ0n) is 14.1. The van der Waals surface area contributed by atoms with Gasteiger partial charge < -0.3 is 9.64 Å². The van der Waals surface area contributed by atoms with E-state index in [0.717, 1.165) is 37.2 Å². The molecular weight excluding hydrogens is 336 g/mol. The molecule has 1 saturated heterocycles. The molecule has 1 aromatic rings. The van der Waals surface area contributed by atoms with Crippen molar-refractivity contribution < 1.29 is 13.2 Å². The van der Waals surface area contributed by atoms with Crippen LogP contribution in [0.25, 0.3) is 5.57 Å². The third kappa shape index (κ3) is 3.55. The van der Waals surface area contributed by atoms with E-state index in [4.69, 9.17) is 4.74 Å². The van der Waals surface area contributed by atoms with Crippen LogP contribution in [0, 0.1) is 0 Å². The number of ether oxygens (including phenoxy) is 1. The molecule has 6 heteroatoms. The Bertz CT molecular complexity index is 832. The Kier molecular flexibility index (Phi) is 4.48. The van der Waals surface area contributed by atoms with Crippen molar-refractivity contribution in [3.63, 3.8) is 0 Å². The first-order chi connectivity index (χ1) is 12.1. The minimum Gasteiger partial charge on any atom is -0.381 e. The quantitative estimate of drug-likeness (QED) is 0.816. The van der Waals surface area contributed by atoms with Crippen molar-refractivity contribution in [2.45, 2.75) is 25.2 Å². The highest BCUT2D eigenvalue weighted by Gasteiger charge is 2.25. The van der Waals surface area contributed by atoms with Crippen LogP contribution in [0.4, 0.5) is 0 Å². The van der Waals surface area contributed by atoms with E-state index in [0.29, 0.717) is 24.7 Å². The number of amidine groups is 1. The minimum atomic E-state index is -3.40. The molecule has 0 saturated carbocycles. The first kappa shape index (κ1) is 16.5. The Morgan fingerprint density at radius 1 is 1.12 bits per heavy atom. The summed E-state index contributed by atoms with van der Waals surface area (Å²) in [5, 5.41) is 0. The van der Waals surface area contributed by atoms with Crippen LogP contribution >= 0.6 is 0 Å². The molecule has 5 nitrogen and oxygen atoms in total. The number of hydrogen-bond acceptors (Lipinski definition) is 4. The molecule has 25 heavy (non-hydrogen) atoms. The van der Waals surface area contributed by atoms with E-state index in [1.54, 1.807) is 0 Å². The van der Waals surface area contributed by atoms with Gasteiger partial charge in [-0.2, -0.15) is 0 Å². The molecule has 3 heterocycles. The van der Waals surface area contributed by atoms with Gasteiger partial charge in [0.25, 0.3) is 10.0 Å². The minimum absolute atomic E-state index is 0.108. The zero-order chi connectivity index (χ0) is 17.3. The molecule has 3 aliphatic rings. The van der Waals surface area contributed by atoms with Crippen LogP contribution < -0.4 is 0 Å². The lowest BCUT2D eigenvalue weighted by Crippen LogP contribution is -2.28. The van der Waals surface area contributed by atoms with Gasteiger partial charge in [0, 0.05) is 31.5 Å². The summed E-state index contributed by atoms with van der Waals surface area (Å²) in [7, 11) is -3.40. The number of fused-ring (bicyclic) bond motifs is 1. The molecule has 0 spiro atoms. The monoisotopic (exact) mass is 358 g/mol. The Hall–Kier alpha value is -1.92. The maximum absolute atomic E-state index is 12.1. The van der Waals surface area contributed by atoms with Crippen LogP contribution in [0.5, 0.6) is 0 Å². The van der Waals surface area contributed by atoms with Gasteiger partial charge >= 0.3 is 0 Å². The summed E-state index contributed by atoms with van der Waals surface area (Å²) < 4.78 is 33.7. The van der Waals surface area contributed by atoms with Gasteiger partial charge in [-0.3, -0.25) is 0 Å². The van der Waals surface area contributed by atoms with Crippen LogP contribution in [-0.4, -0.2) is 44.7 Å². The zero-order valence-corrected chi connectivity index (χ0v) is 14.9. The van der Waals surface area contributed by atoms with E-state index in [9.17, 15) is 8.42 Å². The summed E-state index contributed by atoms with van der Waals surface area (Å²) in [5.41, 5.74) is 3.19. The number of hydrogen-bond donors (Lipinski definition) is 0. The lowest BCUT2D eigenvalue weighted by atomic mass is 9.90. The Labute approximate surface area is 148 Å². The largest absolute Gasteiger partial charge is 0.381 e. The third-order valence-corrected chi connectivity index (χ3v) is 6.24. The van der Waals surface area contributed by atoms with E-state index in [-0.39, 0.29) is 5.75 Å². The summed E-state index contributed by atoms with van der Waals surface area (Å²) in [6.07, 6.45) is 8.51. The fourth-order valence-corrected chi connectivity index (χ4v) is 4.66. The summed E-state index contributed by atoms with van der Waals surface area (Å²) in [6.45, 7) is 2.32. The molecule has 0 N–H and O–H groups in total. The van der Waals surface area contributed by atoms with Crippen LogP contribution in [0.1, 0.15) is 36.3 Å². The van der Waals surface area contributed by atoms with Crippen LogP contribution in [0.15, 0.2) is 47.0 Å². The van der Waals surface area contributed by atoms with Crippen molar-refractivity contribution in [2.75, 3.05) is 25.5 Å².